The predicted molar refractivity (Wildman–Crippen MR) is 123 cm³/mol. The molecule has 7 nitrogen and oxygen atoms in total. The molecule has 2 amide bonds. The topological polar surface area (TPSA) is 97.1 Å². The molecule has 4 aromatic rings. The number of pyridine rings is 1. The van der Waals surface area contributed by atoms with Crippen LogP contribution in [0.15, 0.2) is 71.5 Å². The first kappa shape index (κ1) is 21.5. The molecular formula is C23H16Cl2N4O3. The molecule has 0 saturated carbocycles. The van der Waals surface area contributed by atoms with Gasteiger partial charge in [-0.3, -0.25) is 14.6 Å². The van der Waals surface area contributed by atoms with Gasteiger partial charge in [-0.25, -0.2) is 0 Å². The highest BCUT2D eigenvalue weighted by molar-refractivity contribution is 6.39. The van der Waals surface area contributed by atoms with Crippen molar-refractivity contribution in [3.63, 3.8) is 0 Å². The van der Waals surface area contributed by atoms with Gasteiger partial charge < -0.3 is 15.2 Å². The summed E-state index contributed by atoms with van der Waals surface area (Å²) in [5.41, 5.74) is 2.25. The van der Waals surface area contributed by atoms with Crippen LogP contribution in [0.1, 0.15) is 26.5 Å². The van der Waals surface area contributed by atoms with E-state index in [0.717, 1.165) is 0 Å². The third-order valence-corrected chi connectivity index (χ3v) is 5.24. The number of halogens is 2. The van der Waals surface area contributed by atoms with Crippen LogP contribution in [-0.4, -0.2) is 22.0 Å². The van der Waals surface area contributed by atoms with E-state index < -0.39 is 5.91 Å². The lowest BCUT2D eigenvalue weighted by molar-refractivity contribution is 0.101. The fraction of sp³-hybridized carbons (Fsp3) is 0.0435. The highest BCUT2D eigenvalue weighted by atomic mass is 35.5. The lowest BCUT2D eigenvalue weighted by Crippen LogP contribution is -2.15. The molecule has 0 radical (unpaired) electrons. The molecule has 2 aromatic carbocycles. The van der Waals surface area contributed by atoms with Gasteiger partial charge in [-0.1, -0.05) is 40.5 Å². The predicted octanol–water partition coefficient (Wildman–Crippen LogP) is 5.86. The second kappa shape index (κ2) is 9.21. The molecule has 0 aliphatic rings. The molecule has 9 heteroatoms. The third-order valence-electron chi connectivity index (χ3n) is 4.61. The van der Waals surface area contributed by atoms with Gasteiger partial charge in [0.2, 0.25) is 0 Å². The van der Waals surface area contributed by atoms with Gasteiger partial charge in [0.25, 0.3) is 11.8 Å². The number of nitrogens with one attached hydrogen (secondary N) is 2. The molecule has 2 heterocycles. The average Bonchev–Trinajstić information content (AvgIpc) is 3.15. The first-order valence-corrected chi connectivity index (χ1v) is 10.2. The van der Waals surface area contributed by atoms with Crippen molar-refractivity contribution in [3.8, 4) is 11.3 Å². The van der Waals surface area contributed by atoms with Crippen LogP contribution < -0.4 is 10.6 Å². The summed E-state index contributed by atoms with van der Waals surface area (Å²) in [6.45, 7) is 1.62. The van der Waals surface area contributed by atoms with Gasteiger partial charge in [0.05, 0.1) is 10.0 Å². The van der Waals surface area contributed by atoms with Crippen LogP contribution in [0.25, 0.3) is 11.3 Å². The lowest BCUT2D eigenvalue weighted by atomic mass is 10.1. The summed E-state index contributed by atoms with van der Waals surface area (Å²) in [6, 6.07) is 14.9. The maximum Gasteiger partial charge on any atom is 0.261 e. The number of carbonyl (C=O) groups excluding carboxylic acids is 2. The van der Waals surface area contributed by atoms with Crippen LogP contribution in [0.4, 0.5) is 11.4 Å². The van der Waals surface area contributed by atoms with E-state index in [2.05, 4.69) is 20.8 Å². The van der Waals surface area contributed by atoms with Crippen molar-refractivity contribution in [3.05, 3.63) is 93.9 Å². The third kappa shape index (κ3) is 4.49. The standard InChI is InChI=1S/C23H16Cl2N4O3/c1-13-19(21(29-32-13)20-17(24)6-3-7-18(20)25)23(31)28-16-5-2-4-14(12-16)22(30)27-15-8-10-26-11-9-15/h2-12H,1H3,(H,28,31)(H,26,27,30). The Hall–Kier alpha value is -3.68. The molecule has 2 N–H and O–H groups in total. The van der Waals surface area contributed by atoms with Gasteiger partial charge in [0.1, 0.15) is 17.0 Å². The maximum absolute atomic E-state index is 13.1. The zero-order valence-corrected chi connectivity index (χ0v) is 18.2. The van der Waals surface area contributed by atoms with Crippen LogP contribution in [0.5, 0.6) is 0 Å². The summed E-state index contributed by atoms with van der Waals surface area (Å²) >= 11 is 12.6. The molecule has 0 saturated heterocycles. The number of anilines is 2. The van der Waals surface area contributed by atoms with Crippen molar-refractivity contribution in [2.45, 2.75) is 6.92 Å². The highest BCUT2D eigenvalue weighted by Gasteiger charge is 2.25. The van der Waals surface area contributed by atoms with Gasteiger partial charge in [0.15, 0.2) is 0 Å². The van der Waals surface area contributed by atoms with E-state index in [9.17, 15) is 9.59 Å². The monoisotopic (exact) mass is 466 g/mol. The van der Waals surface area contributed by atoms with Gasteiger partial charge in [-0.2, -0.15) is 0 Å². The van der Waals surface area contributed by atoms with Crippen LogP contribution in [0.3, 0.4) is 0 Å². The first-order chi connectivity index (χ1) is 15.4. The zero-order valence-electron chi connectivity index (χ0n) is 16.7. The van der Waals surface area contributed by atoms with Crippen molar-refractivity contribution in [2.75, 3.05) is 10.6 Å². The normalized spacial score (nSPS) is 10.6. The van der Waals surface area contributed by atoms with Crippen molar-refractivity contribution in [2.24, 2.45) is 0 Å². The Labute approximate surface area is 193 Å². The number of rotatable bonds is 5. The molecule has 32 heavy (non-hydrogen) atoms. The quantitative estimate of drug-likeness (QED) is 0.384. The average molecular weight is 467 g/mol. The Balaban J connectivity index is 1.59. The molecule has 0 fully saturated rings. The number of hydrogen-bond acceptors (Lipinski definition) is 5. The van der Waals surface area contributed by atoms with E-state index in [1.54, 1.807) is 73.9 Å². The first-order valence-electron chi connectivity index (χ1n) is 9.47. The molecule has 0 bridgehead atoms. The van der Waals surface area contributed by atoms with Crippen LogP contribution >= 0.6 is 23.2 Å². The molecule has 0 aliphatic heterocycles. The van der Waals surface area contributed by atoms with Crippen LogP contribution in [-0.2, 0) is 0 Å². The van der Waals surface area contributed by atoms with Crippen molar-refractivity contribution >= 4 is 46.4 Å². The lowest BCUT2D eigenvalue weighted by Gasteiger charge is -2.10. The number of nitrogens with zero attached hydrogens (tertiary/aromatic N) is 2. The molecule has 0 spiro atoms. The summed E-state index contributed by atoms with van der Waals surface area (Å²) in [5, 5.41) is 10.2. The summed E-state index contributed by atoms with van der Waals surface area (Å²) in [7, 11) is 0. The molecule has 160 valence electrons. The Morgan fingerprint density at radius 3 is 2.25 bits per heavy atom. The molecule has 0 unspecified atom stereocenters. The largest absolute Gasteiger partial charge is 0.360 e. The summed E-state index contributed by atoms with van der Waals surface area (Å²) < 4.78 is 5.25. The summed E-state index contributed by atoms with van der Waals surface area (Å²) in [6.07, 6.45) is 3.16. The van der Waals surface area contributed by atoms with Crippen LogP contribution in [0.2, 0.25) is 10.0 Å². The van der Waals surface area contributed by atoms with Gasteiger partial charge in [-0.15, -0.1) is 0 Å². The van der Waals surface area contributed by atoms with Gasteiger partial charge in [0, 0.05) is 34.9 Å². The van der Waals surface area contributed by atoms with E-state index in [0.29, 0.717) is 38.3 Å². The number of benzene rings is 2. The van der Waals surface area contributed by atoms with E-state index in [1.165, 1.54) is 0 Å². The Kier molecular flexibility index (Phi) is 6.20. The Morgan fingerprint density at radius 1 is 0.875 bits per heavy atom. The second-order valence-corrected chi connectivity index (χ2v) is 7.60. The SMILES string of the molecule is Cc1onc(-c2c(Cl)cccc2Cl)c1C(=O)Nc1cccc(C(=O)Nc2ccncc2)c1. The van der Waals surface area contributed by atoms with E-state index in [1.807, 2.05) is 0 Å². The Morgan fingerprint density at radius 2 is 1.53 bits per heavy atom. The van der Waals surface area contributed by atoms with E-state index in [-0.39, 0.29) is 17.2 Å². The second-order valence-electron chi connectivity index (χ2n) is 6.78. The summed E-state index contributed by atoms with van der Waals surface area (Å²) in [5.74, 6) is -0.488. The highest BCUT2D eigenvalue weighted by Crippen LogP contribution is 2.37. The molecule has 0 aliphatic carbocycles. The Bertz CT molecular complexity index is 1290. The van der Waals surface area contributed by atoms with Crippen LogP contribution in [0, 0.1) is 6.92 Å². The maximum atomic E-state index is 13.1. The van der Waals surface area contributed by atoms with E-state index >= 15 is 0 Å². The van der Waals surface area contributed by atoms with E-state index in [4.69, 9.17) is 27.7 Å². The van der Waals surface area contributed by atoms with Crippen molar-refractivity contribution in [1.82, 2.24) is 10.1 Å². The van der Waals surface area contributed by atoms with Gasteiger partial charge in [-0.05, 0) is 49.4 Å². The smallest absolute Gasteiger partial charge is 0.261 e. The zero-order chi connectivity index (χ0) is 22.7. The number of amides is 2. The summed E-state index contributed by atoms with van der Waals surface area (Å²) in [4.78, 5) is 29.5. The molecular weight excluding hydrogens is 451 g/mol. The fourth-order valence-electron chi connectivity index (χ4n) is 3.10. The minimum Gasteiger partial charge on any atom is -0.360 e. The molecule has 0 atom stereocenters. The molecule has 4 rings (SSSR count). The van der Waals surface area contributed by atoms with Gasteiger partial charge >= 0.3 is 0 Å². The minimum atomic E-state index is -0.471. The number of aromatic nitrogens is 2. The number of aryl methyl sites for hydroxylation is 1. The molecule has 2 aromatic heterocycles. The number of carbonyl (C=O) groups is 2. The minimum absolute atomic E-state index is 0.201. The fourth-order valence-corrected chi connectivity index (χ4v) is 3.68. The van der Waals surface area contributed by atoms with Crippen molar-refractivity contribution < 1.29 is 14.1 Å². The van der Waals surface area contributed by atoms with Crippen molar-refractivity contribution in [1.29, 1.82) is 0 Å². The number of hydrogen-bond donors (Lipinski definition) is 2.